The van der Waals surface area contributed by atoms with Crippen LogP contribution in [-0.2, 0) is 0 Å². The molecular formula is C28H16F2O2. The third-order valence-electron chi connectivity index (χ3n) is 5.58. The van der Waals surface area contributed by atoms with Crippen LogP contribution >= 0.6 is 0 Å². The predicted molar refractivity (Wildman–Crippen MR) is 123 cm³/mol. The Kier molecular flexibility index (Phi) is 4.18. The van der Waals surface area contributed by atoms with Gasteiger partial charge in [-0.25, -0.2) is 8.78 Å². The highest BCUT2D eigenvalue weighted by atomic mass is 19.1. The summed E-state index contributed by atoms with van der Waals surface area (Å²) in [5.74, 6) is 1.97. The van der Waals surface area contributed by atoms with Crippen molar-refractivity contribution in [1.82, 2.24) is 0 Å². The summed E-state index contributed by atoms with van der Waals surface area (Å²) in [4.78, 5) is 0. The second kappa shape index (κ2) is 7.20. The van der Waals surface area contributed by atoms with E-state index < -0.39 is 0 Å². The van der Waals surface area contributed by atoms with Crippen LogP contribution in [0.5, 0.6) is 23.0 Å². The van der Waals surface area contributed by atoms with Gasteiger partial charge in [0.05, 0.1) is 0 Å². The molecule has 0 fully saturated rings. The molecule has 0 amide bonds. The molecule has 0 saturated carbocycles. The molecule has 0 aliphatic rings. The van der Waals surface area contributed by atoms with E-state index in [1.54, 1.807) is 24.3 Å². The third kappa shape index (κ3) is 3.26. The number of hydrogen-bond donors (Lipinski definition) is 0. The highest BCUT2D eigenvalue weighted by Crippen LogP contribution is 2.40. The molecule has 0 aromatic heterocycles. The second-order valence-corrected chi connectivity index (χ2v) is 7.73. The Hall–Kier alpha value is -4.18. The van der Waals surface area contributed by atoms with Crippen molar-refractivity contribution in [2.24, 2.45) is 0 Å². The minimum absolute atomic E-state index is 0.296. The van der Waals surface area contributed by atoms with E-state index in [0.29, 0.717) is 23.0 Å². The summed E-state index contributed by atoms with van der Waals surface area (Å²) in [6.45, 7) is 0. The van der Waals surface area contributed by atoms with Gasteiger partial charge in [0.2, 0.25) is 0 Å². The van der Waals surface area contributed by atoms with Crippen LogP contribution in [0.3, 0.4) is 0 Å². The molecule has 154 valence electrons. The van der Waals surface area contributed by atoms with Gasteiger partial charge in [0.1, 0.15) is 34.6 Å². The van der Waals surface area contributed by atoms with E-state index in [-0.39, 0.29) is 11.6 Å². The maximum atomic E-state index is 13.2. The van der Waals surface area contributed by atoms with E-state index in [9.17, 15) is 8.78 Å². The van der Waals surface area contributed by atoms with E-state index in [1.165, 1.54) is 24.3 Å². The van der Waals surface area contributed by atoms with Gasteiger partial charge >= 0.3 is 0 Å². The molecule has 6 aromatic rings. The van der Waals surface area contributed by atoms with Crippen molar-refractivity contribution < 1.29 is 18.3 Å². The van der Waals surface area contributed by atoms with Gasteiger partial charge < -0.3 is 9.47 Å². The van der Waals surface area contributed by atoms with Gasteiger partial charge in [-0.15, -0.1) is 0 Å². The molecule has 0 saturated heterocycles. The topological polar surface area (TPSA) is 18.5 Å². The summed E-state index contributed by atoms with van der Waals surface area (Å²) in [5, 5.41) is 6.55. The zero-order chi connectivity index (χ0) is 21.7. The molecule has 6 rings (SSSR count). The summed E-state index contributed by atoms with van der Waals surface area (Å²) in [5.41, 5.74) is 0. The number of benzene rings is 6. The van der Waals surface area contributed by atoms with Gasteiger partial charge in [0.15, 0.2) is 0 Å². The van der Waals surface area contributed by atoms with Gasteiger partial charge in [0, 0.05) is 0 Å². The molecule has 0 heterocycles. The van der Waals surface area contributed by atoms with E-state index in [2.05, 4.69) is 24.3 Å². The Balaban J connectivity index is 1.43. The Morgan fingerprint density at radius 1 is 0.375 bits per heavy atom. The molecule has 0 atom stereocenters. The van der Waals surface area contributed by atoms with Gasteiger partial charge in [-0.05, 0) is 105 Å². The molecule has 6 aromatic carbocycles. The van der Waals surface area contributed by atoms with Gasteiger partial charge in [-0.2, -0.15) is 0 Å². The SMILES string of the molecule is Fc1ccc(Oc2cc3ccc4cc(Oc5ccc(F)cc5)cc5ccc(c2)c3c45)cc1. The zero-order valence-corrected chi connectivity index (χ0v) is 16.8. The van der Waals surface area contributed by atoms with E-state index in [0.717, 1.165) is 32.3 Å². The number of hydrogen-bond acceptors (Lipinski definition) is 2. The summed E-state index contributed by atoms with van der Waals surface area (Å²) in [7, 11) is 0. The lowest BCUT2D eigenvalue weighted by Gasteiger charge is -2.15. The summed E-state index contributed by atoms with van der Waals surface area (Å²) < 4.78 is 38.3. The van der Waals surface area contributed by atoms with Crippen LogP contribution in [0.1, 0.15) is 0 Å². The van der Waals surface area contributed by atoms with Crippen LogP contribution in [0.2, 0.25) is 0 Å². The molecule has 0 bridgehead atoms. The fourth-order valence-corrected chi connectivity index (χ4v) is 4.18. The monoisotopic (exact) mass is 422 g/mol. The summed E-state index contributed by atoms with van der Waals surface area (Å²) >= 11 is 0. The summed E-state index contributed by atoms with van der Waals surface area (Å²) in [6, 6.07) is 28.2. The maximum absolute atomic E-state index is 13.2. The van der Waals surface area contributed by atoms with Crippen LogP contribution in [-0.4, -0.2) is 0 Å². The zero-order valence-electron chi connectivity index (χ0n) is 16.8. The van der Waals surface area contributed by atoms with E-state index in [4.69, 9.17) is 9.47 Å². The highest BCUT2D eigenvalue weighted by Gasteiger charge is 2.12. The molecule has 0 spiro atoms. The normalized spacial score (nSPS) is 11.4. The molecule has 0 unspecified atom stereocenters. The fraction of sp³-hybridized carbons (Fsp3) is 0. The Labute approximate surface area is 182 Å². The van der Waals surface area contributed by atoms with Gasteiger partial charge in [-0.1, -0.05) is 24.3 Å². The molecule has 0 radical (unpaired) electrons. The molecule has 0 aliphatic heterocycles. The van der Waals surface area contributed by atoms with Crippen molar-refractivity contribution in [2.75, 3.05) is 0 Å². The minimum Gasteiger partial charge on any atom is -0.457 e. The molecule has 4 heteroatoms. The molecule has 32 heavy (non-hydrogen) atoms. The van der Waals surface area contributed by atoms with Crippen molar-refractivity contribution >= 4 is 32.3 Å². The first kappa shape index (κ1) is 18.6. The first-order chi connectivity index (χ1) is 15.6. The first-order valence-corrected chi connectivity index (χ1v) is 10.2. The number of rotatable bonds is 4. The average molecular weight is 422 g/mol. The van der Waals surface area contributed by atoms with Crippen molar-refractivity contribution in [3.63, 3.8) is 0 Å². The van der Waals surface area contributed by atoms with Gasteiger partial charge in [0.25, 0.3) is 0 Å². The third-order valence-corrected chi connectivity index (χ3v) is 5.58. The van der Waals surface area contributed by atoms with Crippen molar-refractivity contribution in [1.29, 1.82) is 0 Å². The largest absolute Gasteiger partial charge is 0.457 e. The lowest BCUT2D eigenvalue weighted by molar-refractivity contribution is 0.481. The van der Waals surface area contributed by atoms with Crippen LogP contribution < -0.4 is 9.47 Å². The maximum Gasteiger partial charge on any atom is 0.128 e. The van der Waals surface area contributed by atoms with E-state index in [1.807, 2.05) is 24.3 Å². The standard InChI is InChI=1S/C28H16F2O2/c29-21-5-9-23(10-6-21)31-25-13-17-1-2-18-14-26(32-24-11-7-22(30)8-12-24)16-20-4-3-19(15-25)27(17)28(18)20/h1-16H. The molecule has 0 N–H and O–H groups in total. The van der Waals surface area contributed by atoms with Crippen LogP contribution in [0, 0.1) is 11.6 Å². The quantitative estimate of drug-likeness (QED) is 0.265. The Bertz CT molecular complexity index is 1390. The van der Waals surface area contributed by atoms with E-state index >= 15 is 0 Å². The highest BCUT2D eigenvalue weighted by molar-refractivity contribution is 6.23. The van der Waals surface area contributed by atoms with Crippen molar-refractivity contribution in [2.45, 2.75) is 0 Å². The molecular weight excluding hydrogens is 406 g/mol. The average Bonchev–Trinajstić information content (AvgIpc) is 2.80. The van der Waals surface area contributed by atoms with Crippen molar-refractivity contribution in [3.8, 4) is 23.0 Å². The lowest BCUT2D eigenvalue weighted by Crippen LogP contribution is -1.90. The summed E-state index contributed by atoms with van der Waals surface area (Å²) in [6.07, 6.45) is 0. The smallest absolute Gasteiger partial charge is 0.128 e. The van der Waals surface area contributed by atoms with Crippen molar-refractivity contribution in [3.05, 3.63) is 109 Å². The van der Waals surface area contributed by atoms with Crippen LogP contribution in [0.4, 0.5) is 8.78 Å². The second-order valence-electron chi connectivity index (χ2n) is 7.73. The first-order valence-electron chi connectivity index (χ1n) is 10.2. The van der Waals surface area contributed by atoms with Crippen LogP contribution in [0.15, 0.2) is 97.1 Å². The minimum atomic E-state index is -0.296. The Morgan fingerprint density at radius 3 is 1.00 bits per heavy atom. The number of halogens is 2. The predicted octanol–water partition coefficient (Wildman–Crippen LogP) is 8.45. The fourth-order valence-electron chi connectivity index (χ4n) is 4.18. The molecule has 2 nitrogen and oxygen atoms in total. The van der Waals surface area contributed by atoms with Crippen LogP contribution in [0.25, 0.3) is 32.3 Å². The Morgan fingerprint density at radius 2 is 0.688 bits per heavy atom. The molecule has 0 aliphatic carbocycles. The number of ether oxygens (including phenoxy) is 2. The lowest BCUT2D eigenvalue weighted by atomic mass is 9.94. The van der Waals surface area contributed by atoms with Gasteiger partial charge in [-0.3, -0.25) is 0 Å².